The molecule has 0 heterocycles. The third-order valence-electron chi connectivity index (χ3n) is 3.83. The first-order valence-electron chi connectivity index (χ1n) is 8.29. The minimum Gasteiger partial charge on any atom is -0.396 e. The Kier molecular flexibility index (Phi) is 7.22. The normalized spacial score (nSPS) is 11.9. The van der Waals surface area contributed by atoms with E-state index in [0.29, 0.717) is 11.3 Å². The van der Waals surface area contributed by atoms with Gasteiger partial charge in [0.05, 0.1) is 10.6 Å². The number of sulfone groups is 1. The van der Waals surface area contributed by atoms with E-state index in [9.17, 15) is 8.42 Å². The van der Waals surface area contributed by atoms with E-state index in [1.165, 1.54) is 0 Å². The van der Waals surface area contributed by atoms with Crippen LogP contribution in [-0.2, 0) is 9.84 Å². The maximum absolute atomic E-state index is 12.3. The van der Waals surface area contributed by atoms with Crippen LogP contribution in [0.4, 0.5) is 0 Å². The van der Waals surface area contributed by atoms with Gasteiger partial charge in [-0.05, 0) is 36.1 Å². The topological polar surface area (TPSA) is 54.4 Å². The lowest BCUT2D eigenvalue weighted by atomic mass is 10.1. The summed E-state index contributed by atoms with van der Waals surface area (Å²) < 4.78 is 24.6. The number of hydrogen-bond acceptors (Lipinski definition) is 3. The van der Waals surface area contributed by atoms with Crippen molar-refractivity contribution >= 4 is 22.0 Å². The predicted molar refractivity (Wildman–Crippen MR) is 99.4 cm³/mol. The van der Waals surface area contributed by atoms with E-state index in [0.717, 1.165) is 30.4 Å². The maximum Gasteiger partial charge on any atom is 0.178 e. The fourth-order valence-electron chi connectivity index (χ4n) is 2.42. The Morgan fingerprint density at radius 1 is 0.750 bits per heavy atom. The zero-order valence-electron chi connectivity index (χ0n) is 13.8. The number of aliphatic hydroxyl groups is 1. The van der Waals surface area contributed by atoms with Crippen molar-refractivity contribution < 1.29 is 13.5 Å². The van der Waals surface area contributed by atoms with Gasteiger partial charge in [0.2, 0.25) is 0 Å². The van der Waals surface area contributed by atoms with Gasteiger partial charge in [-0.2, -0.15) is 0 Å². The zero-order valence-corrected chi connectivity index (χ0v) is 14.6. The molecule has 2 aromatic rings. The molecule has 0 amide bonds. The average Bonchev–Trinajstić information content (AvgIpc) is 2.61. The molecule has 0 aliphatic heterocycles. The van der Waals surface area contributed by atoms with Gasteiger partial charge in [-0.25, -0.2) is 8.42 Å². The summed E-state index contributed by atoms with van der Waals surface area (Å²) in [7, 11) is -3.22. The number of unbranched alkanes of at least 4 members (excludes halogenated alkanes) is 3. The fourth-order valence-corrected chi connectivity index (χ4v) is 3.79. The van der Waals surface area contributed by atoms with Crippen LogP contribution in [-0.4, -0.2) is 25.9 Å². The number of aliphatic hydroxyl groups excluding tert-OH is 1. The average molecular weight is 344 g/mol. The van der Waals surface area contributed by atoms with Gasteiger partial charge in [0, 0.05) is 6.61 Å². The molecular formula is C20H24O3S. The van der Waals surface area contributed by atoms with Crippen molar-refractivity contribution in [1.29, 1.82) is 0 Å². The van der Waals surface area contributed by atoms with Crippen molar-refractivity contribution in [3.05, 3.63) is 65.7 Å². The van der Waals surface area contributed by atoms with Crippen LogP contribution >= 0.6 is 0 Å². The van der Waals surface area contributed by atoms with Gasteiger partial charge >= 0.3 is 0 Å². The molecule has 0 fully saturated rings. The van der Waals surface area contributed by atoms with Crippen molar-refractivity contribution in [1.82, 2.24) is 0 Å². The van der Waals surface area contributed by atoms with Crippen molar-refractivity contribution in [3.63, 3.8) is 0 Å². The van der Waals surface area contributed by atoms with Crippen molar-refractivity contribution in [3.8, 4) is 0 Å². The standard InChI is InChI=1S/C20H24O3S/c21-16-6-1-2-7-17-24(22,23)20-14-12-19(13-15-20)11-10-18-8-4-3-5-9-18/h3-5,8-15,21H,1-2,6-7,16-17H2. The van der Waals surface area contributed by atoms with E-state index in [1.807, 2.05) is 54.6 Å². The smallest absolute Gasteiger partial charge is 0.178 e. The summed E-state index contributed by atoms with van der Waals surface area (Å²) in [5.74, 6) is 0.164. The Labute approximate surface area is 144 Å². The summed E-state index contributed by atoms with van der Waals surface area (Å²) in [5, 5.41) is 8.72. The third-order valence-corrected chi connectivity index (χ3v) is 5.64. The fraction of sp³-hybridized carbons (Fsp3) is 0.300. The molecule has 2 rings (SSSR count). The maximum atomic E-state index is 12.3. The Balaban J connectivity index is 1.94. The highest BCUT2D eigenvalue weighted by Crippen LogP contribution is 2.16. The monoisotopic (exact) mass is 344 g/mol. The van der Waals surface area contributed by atoms with Crippen molar-refractivity contribution in [2.24, 2.45) is 0 Å². The molecule has 0 radical (unpaired) electrons. The van der Waals surface area contributed by atoms with Crippen LogP contribution in [0.2, 0.25) is 0 Å². The molecule has 0 spiro atoms. The highest BCUT2D eigenvalue weighted by molar-refractivity contribution is 7.91. The number of hydrogen-bond donors (Lipinski definition) is 1. The highest BCUT2D eigenvalue weighted by Gasteiger charge is 2.13. The lowest BCUT2D eigenvalue weighted by Crippen LogP contribution is -2.06. The molecule has 0 aliphatic rings. The van der Waals surface area contributed by atoms with Crippen LogP contribution in [0.3, 0.4) is 0 Å². The van der Waals surface area contributed by atoms with Crippen LogP contribution < -0.4 is 0 Å². The van der Waals surface area contributed by atoms with Crippen LogP contribution in [0.1, 0.15) is 36.8 Å². The van der Waals surface area contributed by atoms with E-state index >= 15 is 0 Å². The molecule has 0 aliphatic carbocycles. The van der Waals surface area contributed by atoms with Crippen molar-refractivity contribution in [2.45, 2.75) is 30.6 Å². The van der Waals surface area contributed by atoms with Crippen molar-refractivity contribution in [2.75, 3.05) is 12.4 Å². The van der Waals surface area contributed by atoms with Crippen LogP contribution in [0.15, 0.2) is 59.5 Å². The predicted octanol–water partition coefficient (Wildman–Crippen LogP) is 4.18. The summed E-state index contributed by atoms with van der Waals surface area (Å²) in [5.41, 5.74) is 2.08. The molecule has 4 heteroatoms. The molecule has 0 unspecified atom stereocenters. The summed E-state index contributed by atoms with van der Waals surface area (Å²) in [4.78, 5) is 0.376. The molecule has 2 aromatic carbocycles. The van der Waals surface area contributed by atoms with Gasteiger partial charge in [-0.3, -0.25) is 0 Å². The molecule has 1 N–H and O–H groups in total. The van der Waals surface area contributed by atoms with Crippen LogP contribution in [0.5, 0.6) is 0 Å². The molecule has 128 valence electrons. The zero-order chi connectivity index (χ0) is 17.3. The van der Waals surface area contributed by atoms with Crippen LogP contribution in [0.25, 0.3) is 12.2 Å². The van der Waals surface area contributed by atoms with Gasteiger partial charge < -0.3 is 5.11 Å². The molecule has 24 heavy (non-hydrogen) atoms. The summed E-state index contributed by atoms with van der Waals surface area (Å²) in [6.07, 6.45) is 7.05. The number of benzene rings is 2. The molecule has 0 aromatic heterocycles. The van der Waals surface area contributed by atoms with Gasteiger partial charge in [-0.1, -0.05) is 67.5 Å². The Morgan fingerprint density at radius 3 is 1.96 bits per heavy atom. The van der Waals surface area contributed by atoms with E-state index in [4.69, 9.17) is 5.11 Å². The molecule has 0 saturated heterocycles. The molecule has 0 saturated carbocycles. The Morgan fingerprint density at radius 2 is 1.33 bits per heavy atom. The minimum atomic E-state index is -3.22. The summed E-state index contributed by atoms with van der Waals surface area (Å²) in [6, 6.07) is 17.0. The second-order valence-electron chi connectivity index (χ2n) is 5.77. The quantitative estimate of drug-likeness (QED) is 0.548. The molecule has 3 nitrogen and oxygen atoms in total. The molecule has 0 bridgehead atoms. The largest absolute Gasteiger partial charge is 0.396 e. The van der Waals surface area contributed by atoms with Gasteiger partial charge in [0.1, 0.15) is 0 Å². The number of rotatable bonds is 9. The van der Waals surface area contributed by atoms with Gasteiger partial charge in [-0.15, -0.1) is 0 Å². The van der Waals surface area contributed by atoms with Gasteiger partial charge in [0.15, 0.2) is 9.84 Å². The first-order valence-corrected chi connectivity index (χ1v) is 9.94. The van der Waals surface area contributed by atoms with E-state index in [2.05, 4.69) is 0 Å². The summed E-state index contributed by atoms with van der Waals surface area (Å²) >= 11 is 0. The minimum absolute atomic E-state index is 0.164. The summed E-state index contributed by atoms with van der Waals surface area (Å²) in [6.45, 7) is 0.171. The first kappa shape index (κ1) is 18.4. The third kappa shape index (κ3) is 5.95. The lowest BCUT2D eigenvalue weighted by molar-refractivity contribution is 0.283. The second-order valence-corrected chi connectivity index (χ2v) is 7.88. The SMILES string of the molecule is O=S(=O)(CCCCCCO)c1ccc(C=Cc2ccccc2)cc1. The highest BCUT2D eigenvalue weighted by atomic mass is 32.2. The first-order chi connectivity index (χ1) is 11.6. The lowest BCUT2D eigenvalue weighted by Gasteiger charge is -2.05. The van der Waals surface area contributed by atoms with E-state index in [1.54, 1.807) is 12.1 Å². The van der Waals surface area contributed by atoms with E-state index < -0.39 is 9.84 Å². The van der Waals surface area contributed by atoms with Gasteiger partial charge in [0.25, 0.3) is 0 Å². The Bertz CT molecular complexity index is 732. The molecule has 0 atom stereocenters. The molecular weight excluding hydrogens is 320 g/mol. The van der Waals surface area contributed by atoms with Crippen LogP contribution in [0, 0.1) is 0 Å². The second kappa shape index (κ2) is 9.40. The Hall–Kier alpha value is -1.91. The van der Waals surface area contributed by atoms with E-state index in [-0.39, 0.29) is 12.4 Å².